The van der Waals surface area contributed by atoms with Crippen LogP contribution in [-0.4, -0.2) is 33.9 Å². The zero-order valence-corrected chi connectivity index (χ0v) is 19.3. The van der Waals surface area contributed by atoms with Crippen LogP contribution in [0.5, 0.6) is 0 Å². The highest BCUT2D eigenvalue weighted by atomic mass is 32.2. The minimum Gasteiger partial charge on any atom is -0.465 e. The number of esters is 1. The predicted molar refractivity (Wildman–Crippen MR) is 126 cm³/mol. The Morgan fingerprint density at radius 3 is 2.15 bits per heavy atom. The van der Waals surface area contributed by atoms with Crippen molar-refractivity contribution in [1.29, 1.82) is 0 Å². The summed E-state index contributed by atoms with van der Waals surface area (Å²) in [5.74, 6) is -0.714. The van der Waals surface area contributed by atoms with Crippen LogP contribution < -0.4 is 9.62 Å². The molecule has 8 heteroatoms. The van der Waals surface area contributed by atoms with Gasteiger partial charge in [-0.1, -0.05) is 48.0 Å². The molecule has 0 unspecified atom stereocenters. The van der Waals surface area contributed by atoms with Gasteiger partial charge in [-0.3, -0.25) is 9.10 Å². The fourth-order valence-electron chi connectivity index (χ4n) is 3.19. The number of anilines is 1. The molecule has 7 nitrogen and oxygen atoms in total. The van der Waals surface area contributed by atoms with Crippen molar-refractivity contribution in [3.05, 3.63) is 95.6 Å². The highest BCUT2D eigenvalue weighted by molar-refractivity contribution is 7.92. The standard InChI is InChI=1S/C25H26N2O5S/c1-19-8-14-23(15-9-19)33(30,31)27(22-6-4-3-5-7-22)17-16-24(28)26-18-20-10-12-21(13-11-20)25(29)32-2/h3-15H,16-18H2,1-2H3,(H,26,28). The van der Waals surface area contributed by atoms with Gasteiger partial charge in [0.05, 0.1) is 23.3 Å². The maximum Gasteiger partial charge on any atom is 0.337 e. The highest BCUT2D eigenvalue weighted by Gasteiger charge is 2.25. The molecule has 0 aliphatic carbocycles. The molecular formula is C25H26N2O5S. The van der Waals surface area contributed by atoms with Gasteiger partial charge in [0.2, 0.25) is 5.91 Å². The average Bonchev–Trinajstić information content (AvgIpc) is 2.83. The maximum atomic E-state index is 13.3. The van der Waals surface area contributed by atoms with Gasteiger partial charge in [0.1, 0.15) is 0 Å². The monoisotopic (exact) mass is 466 g/mol. The number of aryl methyl sites for hydroxylation is 1. The van der Waals surface area contributed by atoms with E-state index in [1.807, 2.05) is 6.92 Å². The number of methoxy groups -OCH3 is 1. The molecule has 3 rings (SSSR count). The number of nitrogens with zero attached hydrogens (tertiary/aromatic N) is 1. The number of amides is 1. The second kappa shape index (κ2) is 10.8. The van der Waals surface area contributed by atoms with Crippen LogP contribution in [0.3, 0.4) is 0 Å². The minimum absolute atomic E-state index is 0.00661. The van der Waals surface area contributed by atoms with Crippen molar-refractivity contribution in [3.63, 3.8) is 0 Å². The topological polar surface area (TPSA) is 92.8 Å². The molecular weight excluding hydrogens is 440 g/mol. The summed E-state index contributed by atoms with van der Waals surface area (Å²) in [7, 11) is -2.53. The molecule has 3 aromatic rings. The molecule has 3 aromatic carbocycles. The molecule has 0 aromatic heterocycles. The molecule has 0 heterocycles. The molecule has 0 aliphatic heterocycles. The Labute approximate surface area is 194 Å². The number of para-hydroxylation sites is 1. The van der Waals surface area contributed by atoms with E-state index in [-0.39, 0.29) is 30.3 Å². The van der Waals surface area contributed by atoms with Gasteiger partial charge >= 0.3 is 5.97 Å². The Kier molecular flexibility index (Phi) is 7.84. The van der Waals surface area contributed by atoms with Gasteiger partial charge in [-0.15, -0.1) is 0 Å². The summed E-state index contributed by atoms with van der Waals surface area (Å²) in [6, 6.07) is 22.0. The third-order valence-corrected chi connectivity index (χ3v) is 6.90. The first-order valence-corrected chi connectivity index (χ1v) is 11.8. The minimum atomic E-state index is -3.84. The summed E-state index contributed by atoms with van der Waals surface area (Å²) >= 11 is 0. The summed E-state index contributed by atoms with van der Waals surface area (Å²) in [6.45, 7) is 2.14. The highest BCUT2D eigenvalue weighted by Crippen LogP contribution is 2.24. The van der Waals surface area contributed by atoms with Crippen LogP contribution in [-0.2, 0) is 26.1 Å². The van der Waals surface area contributed by atoms with Crippen LogP contribution in [0, 0.1) is 6.92 Å². The fourth-order valence-corrected chi connectivity index (χ4v) is 4.65. The zero-order chi connectivity index (χ0) is 23.8. The third kappa shape index (κ3) is 6.20. The molecule has 0 spiro atoms. The number of sulfonamides is 1. The Bertz CT molecular complexity index is 1190. The fraction of sp³-hybridized carbons (Fsp3) is 0.200. The molecule has 0 saturated heterocycles. The van der Waals surface area contributed by atoms with Crippen molar-refractivity contribution in [2.24, 2.45) is 0 Å². The van der Waals surface area contributed by atoms with E-state index in [9.17, 15) is 18.0 Å². The Morgan fingerprint density at radius 2 is 1.55 bits per heavy atom. The number of carbonyl (C=O) groups is 2. The van der Waals surface area contributed by atoms with Crippen molar-refractivity contribution < 1.29 is 22.7 Å². The SMILES string of the molecule is COC(=O)c1ccc(CNC(=O)CCN(c2ccccc2)S(=O)(=O)c2ccc(C)cc2)cc1. The summed E-state index contributed by atoms with van der Waals surface area (Å²) in [6.07, 6.45) is -0.0137. The molecule has 0 fully saturated rings. The number of ether oxygens (including phenoxy) is 1. The van der Waals surface area contributed by atoms with Crippen LogP contribution in [0.2, 0.25) is 0 Å². The van der Waals surface area contributed by atoms with Gasteiger partial charge < -0.3 is 10.1 Å². The predicted octanol–water partition coefficient (Wildman–Crippen LogP) is 3.68. The van der Waals surface area contributed by atoms with Crippen molar-refractivity contribution in [3.8, 4) is 0 Å². The van der Waals surface area contributed by atoms with E-state index in [0.29, 0.717) is 11.3 Å². The first-order chi connectivity index (χ1) is 15.8. The lowest BCUT2D eigenvalue weighted by atomic mass is 10.1. The van der Waals surface area contributed by atoms with E-state index in [2.05, 4.69) is 10.1 Å². The van der Waals surface area contributed by atoms with Crippen molar-refractivity contribution >= 4 is 27.6 Å². The van der Waals surface area contributed by atoms with Crippen LogP contribution in [0.15, 0.2) is 83.8 Å². The average molecular weight is 467 g/mol. The maximum absolute atomic E-state index is 13.3. The largest absolute Gasteiger partial charge is 0.465 e. The lowest BCUT2D eigenvalue weighted by molar-refractivity contribution is -0.121. The first kappa shape index (κ1) is 24.0. The van der Waals surface area contributed by atoms with Gasteiger partial charge in [0.25, 0.3) is 10.0 Å². The molecule has 0 saturated carbocycles. The van der Waals surface area contributed by atoms with Crippen LogP contribution in [0.4, 0.5) is 5.69 Å². The number of benzene rings is 3. The number of nitrogens with one attached hydrogen (secondary N) is 1. The number of carbonyl (C=O) groups excluding carboxylic acids is 2. The summed E-state index contributed by atoms with van der Waals surface area (Å²) in [5.41, 5.74) is 2.68. The second-order valence-electron chi connectivity index (χ2n) is 7.44. The van der Waals surface area contributed by atoms with Gasteiger partial charge in [0.15, 0.2) is 0 Å². The van der Waals surface area contributed by atoms with Crippen molar-refractivity contribution in [1.82, 2.24) is 5.32 Å². The van der Waals surface area contributed by atoms with Crippen molar-refractivity contribution in [2.45, 2.75) is 24.8 Å². The van der Waals surface area contributed by atoms with Gasteiger partial charge in [-0.2, -0.15) is 0 Å². The molecule has 172 valence electrons. The van der Waals surface area contributed by atoms with E-state index in [1.54, 1.807) is 78.9 Å². The van der Waals surface area contributed by atoms with Gasteiger partial charge in [-0.05, 0) is 48.9 Å². The third-order valence-electron chi connectivity index (χ3n) is 5.06. The first-order valence-electron chi connectivity index (χ1n) is 10.4. The molecule has 0 atom stereocenters. The summed E-state index contributed by atoms with van der Waals surface area (Å²) in [5, 5.41) is 2.79. The summed E-state index contributed by atoms with van der Waals surface area (Å²) < 4.78 is 32.5. The molecule has 33 heavy (non-hydrogen) atoms. The van der Waals surface area contributed by atoms with Crippen LogP contribution in [0.1, 0.15) is 27.9 Å². The molecule has 0 aliphatic rings. The van der Waals surface area contributed by atoms with E-state index in [0.717, 1.165) is 11.1 Å². The quantitative estimate of drug-likeness (QED) is 0.486. The van der Waals surface area contributed by atoms with E-state index >= 15 is 0 Å². The van der Waals surface area contributed by atoms with E-state index < -0.39 is 16.0 Å². The molecule has 1 amide bonds. The van der Waals surface area contributed by atoms with Gasteiger partial charge in [-0.25, -0.2) is 13.2 Å². The smallest absolute Gasteiger partial charge is 0.337 e. The Morgan fingerprint density at radius 1 is 0.909 bits per heavy atom. The summed E-state index contributed by atoms with van der Waals surface area (Å²) in [4.78, 5) is 24.2. The van der Waals surface area contributed by atoms with Crippen molar-refractivity contribution in [2.75, 3.05) is 18.0 Å². The van der Waals surface area contributed by atoms with E-state index in [4.69, 9.17) is 0 Å². The normalized spacial score (nSPS) is 11.0. The Balaban J connectivity index is 1.67. The number of rotatable bonds is 9. The lowest BCUT2D eigenvalue weighted by Crippen LogP contribution is -2.35. The van der Waals surface area contributed by atoms with Gasteiger partial charge in [0, 0.05) is 19.5 Å². The molecule has 1 N–H and O–H groups in total. The number of hydrogen-bond acceptors (Lipinski definition) is 5. The zero-order valence-electron chi connectivity index (χ0n) is 18.5. The van der Waals surface area contributed by atoms with Crippen LogP contribution >= 0.6 is 0 Å². The lowest BCUT2D eigenvalue weighted by Gasteiger charge is -2.24. The second-order valence-corrected chi connectivity index (χ2v) is 9.30. The number of hydrogen-bond donors (Lipinski definition) is 1. The Hall–Kier alpha value is -3.65. The molecule has 0 bridgehead atoms. The van der Waals surface area contributed by atoms with Crippen LogP contribution in [0.25, 0.3) is 0 Å². The molecule has 0 radical (unpaired) electrons. The van der Waals surface area contributed by atoms with E-state index in [1.165, 1.54) is 11.4 Å².